The number of nitro benzene ring substituents is 1. The fourth-order valence-corrected chi connectivity index (χ4v) is 2.36. The molecule has 5 heteroatoms. The quantitative estimate of drug-likeness (QED) is 0.656. The molecule has 0 bridgehead atoms. The Balaban J connectivity index is 2.35. The molecule has 2 atom stereocenters. The van der Waals surface area contributed by atoms with Gasteiger partial charge in [-0.05, 0) is 44.2 Å². The average molecular weight is 264 g/mol. The number of nitrogens with zero attached hydrogens (tertiary/aromatic N) is 2. The maximum atomic E-state index is 11.2. The van der Waals surface area contributed by atoms with Crippen LogP contribution in [-0.4, -0.2) is 23.1 Å². The fourth-order valence-electron chi connectivity index (χ4n) is 2.36. The van der Waals surface area contributed by atoms with Crippen LogP contribution in [0, 0.1) is 16.0 Å². The molecule has 0 radical (unpaired) electrons. The molecule has 0 heterocycles. The molecule has 104 valence electrons. The van der Waals surface area contributed by atoms with Gasteiger partial charge in [-0.25, -0.2) is 0 Å². The highest BCUT2D eigenvalue weighted by molar-refractivity contribution is 5.64. The highest BCUT2D eigenvalue weighted by atomic mass is 16.6. The Morgan fingerprint density at radius 3 is 2.53 bits per heavy atom. The van der Waals surface area contributed by atoms with E-state index in [1.165, 1.54) is 18.9 Å². The van der Waals surface area contributed by atoms with Crippen LogP contribution in [0.2, 0.25) is 0 Å². The van der Waals surface area contributed by atoms with Gasteiger partial charge >= 0.3 is 0 Å². The van der Waals surface area contributed by atoms with Gasteiger partial charge in [-0.1, -0.05) is 6.07 Å². The number of aliphatic hydroxyl groups is 1. The van der Waals surface area contributed by atoms with Crippen molar-refractivity contribution in [2.75, 3.05) is 11.9 Å². The van der Waals surface area contributed by atoms with Crippen LogP contribution in [0.15, 0.2) is 18.2 Å². The lowest BCUT2D eigenvalue weighted by Gasteiger charge is -2.27. The second-order valence-corrected chi connectivity index (χ2v) is 5.37. The average Bonchev–Trinajstić information content (AvgIpc) is 3.20. The molecular formula is C14H20N2O3. The van der Waals surface area contributed by atoms with Gasteiger partial charge in [0, 0.05) is 19.2 Å². The second kappa shape index (κ2) is 5.17. The number of benzene rings is 1. The van der Waals surface area contributed by atoms with Crippen LogP contribution in [0.25, 0.3) is 0 Å². The third kappa shape index (κ3) is 2.87. The Bertz CT molecular complexity index is 484. The Morgan fingerprint density at radius 2 is 2.05 bits per heavy atom. The van der Waals surface area contributed by atoms with E-state index in [9.17, 15) is 15.2 Å². The van der Waals surface area contributed by atoms with Crippen molar-refractivity contribution in [3.05, 3.63) is 33.9 Å². The number of hydrogen-bond donors (Lipinski definition) is 1. The lowest BCUT2D eigenvalue weighted by molar-refractivity contribution is -0.384. The zero-order valence-electron chi connectivity index (χ0n) is 11.5. The molecule has 1 saturated carbocycles. The number of nitro groups is 1. The summed E-state index contributed by atoms with van der Waals surface area (Å²) in [6.45, 7) is 3.71. The van der Waals surface area contributed by atoms with Crippen molar-refractivity contribution in [1.29, 1.82) is 0 Å². The van der Waals surface area contributed by atoms with Crippen LogP contribution in [-0.2, 0) is 0 Å². The van der Waals surface area contributed by atoms with Crippen molar-refractivity contribution in [2.45, 2.75) is 38.8 Å². The fraction of sp³-hybridized carbons (Fsp3) is 0.571. The molecule has 1 aliphatic carbocycles. The lowest BCUT2D eigenvalue weighted by atomic mass is 10.1. The Labute approximate surface area is 113 Å². The summed E-state index contributed by atoms with van der Waals surface area (Å²) in [5, 5.41) is 20.7. The van der Waals surface area contributed by atoms with E-state index >= 15 is 0 Å². The van der Waals surface area contributed by atoms with Crippen LogP contribution in [0.1, 0.15) is 38.4 Å². The summed E-state index contributed by atoms with van der Waals surface area (Å²) in [5.74, 6) is 0.640. The third-order valence-electron chi connectivity index (χ3n) is 3.97. The molecule has 1 unspecified atom stereocenters. The standard InChI is InChI=1S/C14H20N2O3/c1-9(11-4-5-11)15(3)13-7-6-12(10(2)17)8-14(13)16(18)19/h6-11,17H,4-5H2,1-3H3/t9?,10-/m1/s1. The van der Waals surface area contributed by atoms with E-state index in [2.05, 4.69) is 6.92 Å². The van der Waals surface area contributed by atoms with Crippen molar-refractivity contribution in [3.63, 3.8) is 0 Å². The van der Waals surface area contributed by atoms with Gasteiger partial charge in [0.05, 0.1) is 11.0 Å². The van der Waals surface area contributed by atoms with Crippen LogP contribution < -0.4 is 4.90 Å². The van der Waals surface area contributed by atoms with Gasteiger partial charge in [0.25, 0.3) is 5.69 Å². The smallest absolute Gasteiger partial charge is 0.292 e. The van der Waals surface area contributed by atoms with Crippen molar-refractivity contribution >= 4 is 11.4 Å². The molecule has 0 aromatic heterocycles. The van der Waals surface area contributed by atoms with Crippen LogP contribution in [0.5, 0.6) is 0 Å². The molecule has 5 nitrogen and oxygen atoms in total. The van der Waals surface area contributed by atoms with E-state index < -0.39 is 6.10 Å². The molecule has 2 rings (SSSR count). The maximum absolute atomic E-state index is 11.2. The maximum Gasteiger partial charge on any atom is 0.292 e. The molecule has 1 aliphatic rings. The van der Waals surface area contributed by atoms with Crippen LogP contribution in [0.3, 0.4) is 0 Å². The Morgan fingerprint density at radius 1 is 1.42 bits per heavy atom. The Hall–Kier alpha value is -1.62. The van der Waals surface area contributed by atoms with Crippen molar-refractivity contribution in [2.24, 2.45) is 5.92 Å². The van der Waals surface area contributed by atoms with Gasteiger partial charge in [-0.3, -0.25) is 10.1 Å². The number of hydrogen-bond acceptors (Lipinski definition) is 4. The summed E-state index contributed by atoms with van der Waals surface area (Å²) in [5.41, 5.74) is 1.25. The summed E-state index contributed by atoms with van der Waals surface area (Å²) in [6.07, 6.45) is 1.70. The molecule has 0 saturated heterocycles. The molecule has 0 aliphatic heterocycles. The summed E-state index contributed by atoms with van der Waals surface area (Å²) in [4.78, 5) is 12.8. The zero-order valence-corrected chi connectivity index (χ0v) is 11.5. The summed E-state index contributed by atoms with van der Waals surface area (Å²) in [6, 6.07) is 5.26. The van der Waals surface area contributed by atoms with E-state index in [-0.39, 0.29) is 10.6 Å². The minimum Gasteiger partial charge on any atom is -0.389 e. The number of aliphatic hydroxyl groups excluding tert-OH is 1. The van der Waals surface area contributed by atoms with Crippen molar-refractivity contribution < 1.29 is 10.0 Å². The van der Waals surface area contributed by atoms with Gasteiger partial charge in [0.2, 0.25) is 0 Å². The summed E-state index contributed by atoms with van der Waals surface area (Å²) in [7, 11) is 1.90. The largest absolute Gasteiger partial charge is 0.389 e. The van der Waals surface area contributed by atoms with Gasteiger partial charge in [-0.15, -0.1) is 0 Å². The molecule has 19 heavy (non-hydrogen) atoms. The Kier molecular flexibility index (Phi) is 3.75. The van der Waals surface area contributed by atoms with E-state index in [1.54, 1.807) is 19.1 Å². The monoisotopic (exact) mass is 264 g/mol. The van der Waals surface area contributed by atoms with Gasteiger partial charge in [0.15, 0.2) is 0 Å². The third-order valence-corrected chi connectivity index (χ3v) is 3.97. The first-order valence-electron chi connectivity index (χ1n) is 6.61. The zero-order chi connectivity index (χ0) is 14.2. The summed E-state index contributed by atoms with van der Waals surface area (Å²) >= 11 is 0. The van der Waals surface area contributed by atoms with Crippen LogP contribution >= 0.6 is 0 Å². The van der Waals surface area contributed by atoms with E-state index in [4.69, 9.17) is 0 Å². The van der Waals surface area contributed by atoms with Crippen molar-refractivity contribution in [3.8, 4) is 0 Å². The molecule has 1 N–H and O–H groups in total. The van der Waals surface area contributed by atoms with Gasteiger partial charge in [-0.2, -0.15) is 0 Å². The highest BCUT2D eigenvalue weighted by Crippen LogP contribution is 2.39. The van der Waals surface area contributed by atoms with E-state index in [1.807, 2.05) is 11.9 Å². The lowest BCUT2D eigenvalue weighted by Crippen LogP contribution is -2.31. The molecule has 0 spiro atoms. The second-order valence-electron chi connectivity index (χ2n) is 5.37. The first kappa shape index (κ1) is 13.8. The molecule has 1 aromatic rings. The SMILES string of the molecule is CC(C1CC1)N(C)c1ccc([C@@H](C)O)cc1[N+](=O)[O-]. The summed E-state index contributed by atoms with van der Waals surface area (Å²) < 4.78 is 0. The molecule has 0 amide bonds. The van der Waals surface area contributed by atoms with Gasteiger partial charge < -0.3 is 10.0 Å². The minimum absolute atomic E-state index is 0.0633. The molecule has 1 fully saturated rings. The minimum atomic E-state index is -0.695. The molecule has 1 aromatic carbocycles. The first-order valence-corrected chi connectivity index (χ1v) is 6.61. The van der Waals surface area contributed by atoms with Crippen LogP contribution in [0.4, 0.5) is 11.4 Å². The number of anilines is 1. The highest BCUT2D eigenvalue weighted by Gasteiger charge is 2.32. The normalized spacial score (nSPS) is 17.9. The molecular weight excluding hydrogens is 244 g/mol. The van der Waals surface area contributed by atoms with E-state index in [0.717, 1.165) is 0 Å². The topological polar surface area (TPSA) is 66.6 Å². The predicted octanol–water partition coefficient (Wildman–Crippen LogP) is 2.88. The van der Waals surface area contributed by atoms with E-state index in [0.29, 0.717) is 23.2 Å². The number of rotatable bonds is 5. The van der Waals surface area contributed by atoms with Crippen molar-refractivity contribution in [1.82, 2.24) is 0 Å². The predicted molar refractivity (Wildman–Crippen MR) is 74.3 cm³/mol. The first-order chi connectivity index (χ1) is 8.91. The van der Waals surface area contributed by atoms with Gasteiger partial charge in [0.1, 0.15) is 5.69 Å².